The van der Waals surface area contributed by atoms with E-state index in [1.165, 1.54) is 32.4 Å². The molecule has 0 amide bonds. The Morgan fingerprint density at radius 2 is 1.92 bits per heavy atom. The van der Waals surface area contributed by atoms with E-state index in [-0.39, 0.29) is 0 Å². The quantitative estimate of drug-likeness (QED) is 0.695. The van der Waals surface area contributed by atoms with Crippen molar-refractivity contribution in [1.82, 2.24) is 4.90 Å². The first kappa shape index (κ1) is 10.0. The van der Waals surface area contributed by atoms with Crippen LogP contribution in [0.15, 0.2) is 0 Å². The molecule has 1 aliphatic heterocycles. The summed E-state index contributed by atoms with van der Waals surface area (Å²) in [4.78, 5) is 2.36. The lowest BCUT2D eigenvalue weighted by Crippen LogP contribution is -2.39. The Hall–Kier alpha value is -0.0800. The van der Waals surface area contributed by atoms with Crippen LogP contribution in [0.25, 0.3) is 0 Å². The first-order chi connectivity index (χ1) is 5.70. The Balaban J connectivity index is 2.29. The van der Waals surface area contributed by atoms with E-state index < -0.39 is 0 Å². The predicted molar refractivity (Wildman–Crippen MR) is 51.2 cm³/mol. The molecule has 0 aliphatic carbocycles. The van der Waals surface area contributed by atoms with Gasteiger partial charge in [0.2, 0.25) is 0 Å². The van der Waals surface area contributed by atoms with Crippen LogP contribution >= 0.6 is 0 Å². The van der Waals surface area contributed by atoms with E-state index in [9.17, 15) is 0 Å². The molecule has 1 aliphatic rings. The molecule has 0 aromatic heterocycles. The van der Waals surface area contributed by atoms with Gasteiger partial charge in [-0.15, -0.1) is 0 Å². The molecule has 0 bridgehead atoms. The number of nitrogens with zero attached hydrogens (tertiary/aromatic N) is 1. The van der Waals surface area contributed by atoms with Crippen LogP contribution in [0.5, 0.6) is 0 Å². The van der Waals surface area contributed by atoms with Crippen molar-refractivity contribution in [2.45, 2.75) is 33.1 Å². The third kappa shape index (κ3) is 2.46. The van der Waals surface area contributed by atoms with Crippen molar-refractivity contribution < 1.29 is 5.11 Å². The smallest absolute Gasteiger partial charge is 0.0558 e. The Labute approximate surface area is 75.6 Å². The van der Waals surface area contributed by atoms with Crippen LogP contribution in [-0.4, -0.2) is 36.2 Å². The molecule has 0 aromatic rings. The average Bonchev–Trinajstić information content (AvgIpc) is 2.10. The molecule has 0 atom stereocenters. The second kappa shape index (κ2) is 4.24. The highest BCUT2D eigenvalue weighted by Crippen LogP contribution is 2.33. The molecule has 2 heteroatoms. The molecule has 0 radical (unpaired) electrons. The standard InChI is InChI=1S/C10H21NO/c1-3-10(2)4-6-11(7-5-10)8-9-12/h12H,3-9H2,1-2H3. The Kier molecular flexibility index (Phi) is 3.53. The molecule has 0 spiro atoms. The molecule has 2 nitrogen and oxygen atoms in total. The van der Waals surface area contributed by atoms with Crippen LogP contribution in [0.1, 0.15) is 33.1 Å². The Bertz CT molecular complexity index is 128. The van der Waals surface area contributed by atoms with Crippen LogP contribution in [0.2, 0.25) is 0 Å². The highest BCUT2D eigenvalue weighted by molar-refractivity contribution is 4.80. The minimum Gasteiger partial charge on any atom is -0.395 e. The van der Waals surface area contributed by atoms with Gasteiger partial charge in [0.05, 0.1) is 6.61 Å². The van der Waals surface area contributed by atoms with E-state index in [1.807, 2.05) is 0 Å². The van der Waals surface area contributed by atoms with Gasteiger partial charge in [0.1, 0.15) is 0 Å². The van der Waals surface area contributed by atoms with Crippen LogP contribution in [0.4, 0.5) is 0 Å². The first-order valence-electron chi connectivity index (χ1n) is 5.03. The van der Waals surface area contributed by atoms with Crippen LogP contribution in [0, 0.1) is 5.41 Å². The number of hydrogen-bond acceptors (Lipinski definition) is 2. The number of piperidine rings is 1. The zero-order valence-electron chi connectivity index (χ0n) is 8.34. The van der Waals surface area contributed by atoms with E-state index in [0.717, 1.165) is 6.54 Å². The molecule has 1 saturated heterocycles. The summed E-state index contributed by atoms with van der Waals surface area (Å²) in [5, 5.41) is 8.76. The fourth-order valence-corrected chi connectivity index (χ4v) is 1.81. The summed E-state index contributed by atoms with van der Waals surface area (Å²) < 4.78 is 0. The number of rotatable bonds is 3. The van der Waals surface area contributed by atoms with Gasteiger partial charge in [-0.3, -0.25) is 0 Å². The zero-order chi connectivity index (χ0) is 9.03. The van der Waals surface area contributed by atoms with Gasteiger partial charge in [0, 0.05) is 6.54 Å². The maximum absolute atomic E-state index is 8.76. The SMILES string of the molecule is CCC1(C)CCN(CCO)CC1. The monoisotopic (exact) mass is 171 g/mol. The van der Waals surface area contributed by atoms with E-state index in [4.69, 9.17) is 5.11 Å². The Morgan fingerprint density at radius 1 is 1.33 bits per heavy atom. The normalized spacial score (nSPS) is 24.2. The van der Waals surface area contributed by atoms with Crippen LogP contribution in [0.3, 0.4) is 0 Å². The fourth-order valence-electron chi connectivity index (χ4n) is 1.81. The molecule has 1 N–H and O–H groups in total. The van der Waals surface area contributed by atoms with Gasteiger partial charge < -0.3 is 10.0 Å². The van der Waals surface area contributed by atoms with Crippen molar-refractivity contribution in [2.75, 3.05) is 26.2 Å². The largest absolute Gasteiger partial charge is 0.395 e. The molecule has 1 fully saturated rings. The van der Waals surface area contributed by atoms with Gasteiger partial charge in [-0.05, 0) is 31.3 Å². The number of aliphatic hydroxyl groups excluding tert-OH is 1. The third-order valence-electron chi connectivity index (χ3n) is 3.33. The van der Waals surface area contributed by atoms with Crippen molar-refractivity contribution in [3.63, 3.8) is 0 Å². The van der Waals surface area contributed by atoms with Gasteiger partial charge in [-0.25, -0.2) is 0 Å². The molecule has 12 heavy (non-hydrogen) atoms. The van der Waals surface area contributed by atoms with Crippen molar-refractivity contribution in [3.05, 3.63) is 0 Å². The zero-order valence-corrected chi connectivity index (χ0v) is 8.34. The Morgan fingerprint density at radius 3 is 2.33 bits per heavy atom. The average molecular weight is 171 g/mol. The molecule has 0 saturated carbocycles. The first-order valence-corrected chi connectivity index (χ1v) is 5.03. The number of likely N-dealkylation sites (tertiary alicyclic amines) is 1. The van der Waals surface area contributed by atoms with Gasteiger partial charge in [-0.1, -0.05) is 20.3 Å². The predicted octanol–water partition coefficient (Wildman–Crippen LogP) is 1.49. The van der Waals surface area contributed by atoms with Gasteiger partial charge in [-0.2, -0.15) is 0 Å². The molecule has 0 unspecified atom stereocenters. The lowest BCUT2D eigenvalue weighted by Gasteiger charge is -2.38. The topological polar surface area (TPSA) is 23.5 Å². The summed E-state index contributed by atoms with van der Waals surface area (Å²) in [7, 11) is 0. The van der Waals surface area contributed by atoms with Crippen molar-refractivity contribution >= 4 is 0 Å². The highest BCUT2D eigenvalue weighted by Gasteiger charge is 2.27. The van der Waals surface area contributed by atoms with Gasteiger partial charge in [0.15, 0.2) is 0 Å². The maximum atomic E-state index is 8.76. The second-order valence-corrected chi connectivity index (χ2v) is 4.23. The summed E-state index contributed by atoms with van der Waals surface area (Å²) in [6.07, 6.45) is 3.88. The molecular formula is C10H21NO. The van der Waals surface area contributed by atoms with Crippen molar-refractivity contribution in [2.24, 2.45) is 5.41 Å². The summed E-state index contributed by atoms with van der Waals surface area (Å²) in [5.41, 5.74) is 0.575. The number of aliphatic hydroxyl groups is 1. The molecule has 0 aromatic carbocycles. The maximum Gasteiger partial charge on any atom is 0.0558 e. The summed E-state index contributed by atoms with van der Waals surface area (Å²) >= 11 is 0. The number of hydrogen-bond donors (Lipinski definition) is 1. The van der Waals surface area contributed by atoms with E-state index in [1.54, 1.807) is 0 Å². The molecular weight excluding hydrogens is 150 g/mol. The third-order valence-corrected chi connectivity index (χ3v) is 3.33. The van der Waals surface area contributed by atoms with E-state index in [0.29, 0.717) is 12.0 Å². The van der Waals surface area contributed by atoms with E-state index in [2.05, 4.69) is 18.7 Å². The van der Waals surface area contributed by atoms with E-state index >= 15 is 0 Å². The van der Waals surface area contributed by atoms with Crippen LogP contribution in [-0.2, 0) is 0 Å². The molecule has 72 valence electrons. The minimum absolute atomic E-state index is 0.308. The summed E-state index contributed by atoms with van der Waals surface area (Å²) in [5.74, 6) is 0. The fraction of sp³-hybridized carbons (Fsp3) is 1.00. The van der Waals surface area contributed by atoms with Gasteiger partial charge >= 0.3 is 0 Å². The lowest BCUT2D eigenvalue weighted by molar-refractivity contribution is 0.0976. The van der Waals surface area contributed by atoms with Crippen LogP contribution < -0.4 is 0 Å². The summed E-state index contributed by atoms with van der Waals surface area (Å²) in [6, 6.07) is 0. The summed E-state index contributed by atoms with van der Waals surface area (Å²) in [6.45, 7) is 8.17. The highest BCUT2D eigenvalue weighted by atomic mass is 16.3. The lowest BCUT2D eigenvalue weighted by atomic mass is 9.78. The number of β-amino-alcohol motifs (C(OH)–C–C–N with tert-alkyl or cyclic N) is 1. The second-order valence-electron chi connectivity index (χ2n) is 4.23. The van der Waals surface area contributed by atoms with Gasteiger partial charge in [0.25, 0.3) is 0 Å². The van der Waals surface area contributed by atoms with Crippen molar-refractivity contribution in [1.29, 1.82) is 0 Å². The minimum atomic E-state index is 0.308. The van der Waals surface area contributed by atoms with Crippen molar-refractivity contribution in [3.8, 4) is 0 Å². The molecule has 1 rings (SSSR count). The molecule has 1 heterocycles.